The van der Waals surface area contributed by atoms with Crippen LogP contribution in [0.3, 0.4) is 0 Å². The number of carbonyl (C=O) groups excluding carboxylic acids is 3. The Hall–Kier alpha value is -2.62. The van der Waals surface area contributed by atoms with E-state index in [0.29, 0.717) is 48.8 Å². The molecule has 1 unspecified atom stereocenters. The van der Waals surface area contributed by atoms with Crippen molar-refractivity contribution in [2.45, 2.75) is 186 Å². The number of aromatic amines is 1. The number of carbonyl (C=O) groups is 3. The van der Waals surface area contributed by atoms with Crippen LogP contribution in [0.4, 0.5) is 0 Å². The van der Waals surface area contributed by atoms with E-state index < -0.39 is 28.8 Å². The van der Waals surface area contributed by atoms with Crippen molar-refractivity contribution >= 4 is 35.1 Å². The Balaban J connectivity index is 1.37. The lowest BCUT2D eigenvalue weighted by Gasteiger charge is -2.58. The highest BCUT2D eigenvalue weighted by atomic mass is 35.5. The van der Waals surface area contributed by atoms with Crippen molar-refractivity contribution in [1.82, 2.24) is 25.1 Å². The highest BCUT2D eigenvalue weighted by Crippen LogP contribution is 2.54. The Morgan fingerprint density at radius 3 is 1.86 bits per heavy atom. The largest absolute Gasteiger partial charge is 0.466 e. The quantitative estimate of drug-likeness (QED) is 0.0538. The number of ether oxygens (including phenoxy) is 2. The molecule has 0 bridgehead atoms. The monoisotopic (exact) mass is 717 g/mol. The van der Waals surface area contributed by atoms with Gasteiger partial charge in [0.05, 0.1) is 30.9 Å². The second-order valence-corrected chi connectivity index (χ2v) is 16.3. The molecule has 3 heterocycles. The summed E-state index contributed by atoms with van der Waals surface area (Å²) in [5.74, 6) is -0.826. The van der Waals surface area contributed by atoms with Gasteiger partial charge in [-0.2, -0.15) is 4.63 Å². The lowest BCUT2D eigenvalue weighted by molar-refractivity contribution is -0.190. The zero-order valence-corrected chi connectivity index (χ0v) is 32.4. The first-order valence-electron chi connectivity index (χ1n) is 19.8. The standard InChI is InChI=1S/C39H64ClN5O5/c1-6-8-10-12-14-16-18-20-26-49-30(46)28-39(36(48)50-27-21-19-17-15-13-11-9-7-2)35(47)42-38(39)24-22-29(23-25-38)33-41-34-31(40)32(37(3,4)5)43-45(34)44-33/h29,43H,6-28H2,1-5H3,(H,42,47). The molecule has 2 aromatic rings. The van der Waals surface area contributed by atoms with E-state index in [1.165, 1.54) is 64.2 Å². The van der Waals surface area contributed by atoms with Gasteiger partial charge in [0.2, 0.25) is 5.91 Å². The molecule has 1 spiro atoms. The average molecular weight is 718 g/mol. The SMILES string of the molecule is CCCCCCCCCCOC(=O)CC1(C(=O)OCCCCCCCCCC)C(=O)NC12CCC(c1nc3c(Cl)c(C(C)(C)C)[nH]n3n1)CC2. The second-order valence-electron chi connectivity index (χ2n) is 16.0. The maximum atomic E-state index is 13.9. The van der Waals surface area contributed by atoms with E-state index >= 15 is 0 Å². The number of nitrogens with one attached hydrogen (secondary N) is 2. The maximum Gasteiger partial charge on any atom is 0.324 e. The van der Waals surface area contributed by atoms with Crippen molar-refractivity contribution in [3.05, 3.63) is 16.5 Å². The topological polar surface area (TPSA) is 128 Å². The van der Waals surface area contributed by atoms with E-state index in [1.54, 1.807) is 4.63 Å². The zero-order valence-electron chi connectivity index (χ0n) is 31.6. The number of aromatic nitrogens is 4. The van der Waals surface area contributed by atoms with E-state index in [4.69, 9.17) is 31.2 Å². The molecule has 0 aromatic carbocycles. The highest BCUT2D eigenvalue weighted by Gasteiger charge is 2.72. The number of halogens is 1. The van der Waals surface area contributed by atoms with E-state index in [9.17, 15) is 14.4 Å². The number of hydrogen-bond acceptors (Lipinski definition) is 7. The summed E-state index contributed by atoms with van der Waals surface area (Å²) in [5.41, 5.74) is -1.16. The van der Waals surface area contributed by atoms with Gasteiger partial charge in [0.1, 0.15) is 5.02 Å². The fourth-order valence-corrected chi connectivity index (χ4v) is 8.26. The summed E-state index contributed by atoms with van der Waals surface area (Å²) in [6.07, 6.45) is 20.1. The van der Waals surface area contributed by atoms with Gasteiger partial charge >= 0.3 is 11.9 Å². The van der Waals surface area contributed by atoms with Gasteiger partial charge in [0.15, 0.2) is 16.9 Å². The van der Waals surface area contributed by atoms with E-state index in [2.05, 4.69) is 45.0 Å². The number of hydrogen-bond donors (Lipinski definition) is 2. The Kier molecular flexibility index (Phi) is 15.1. The lowest BCUT2D eigenvalue weighted by Crippen LogP contribution is -2.80. The molecular weight excluding hydrogens is 654 g/mol. The van der Waals surface area contributed by atoms with Gasteiger partial charge in [0.25, 0.3) is 0 Å². The van der Waals surface area contributed by atoms with Gasteiger partial charge in [-0.3, -0.25) is 19.5 Å². The third kappa shape index (κ3) is 9.62. The molecule has 282 valence electrons. The summed E-state index contributed by atoms with van der Waals surface area (Å²) in [4.78, 5) is 45.5. The van der Waals surface area contributed by atoms with Gasteiger partial charge in [0, 0.05) is 11.3 Å². The number of fused-ring (bicyclic) bond motifs is 1. The molecule has 4 rings (SSSR count). The molecule has 1 aliphatic carbocycles. The van der Waals surface area contributed by atoms with Crippen molar-refractivity contribution in [1.29, 1.82) is 0 Å². The van der Waals surface area contributed by atoms with Crippen LogP contribution in [0.25, 0.3) is 5.65 Å². The van der Waals surface area contributed by atoms with E-state index in [-0.39, 0.29) is 24.4 Å². The molecule has 11 heteroatoms. The first-order chi connectivity index (χ1) is 24.0. The molecule has 1 atom stereocenters. The Bertz CT molecular complexity index is 1390. The van der Waals surface area contributed by atoms with Crippen LogP contribution in [0.1, 0.15) is 187 Å². The third-order valence-corrected chi connectivity index (χ3v) is 11.4. The molecule has 1 amide bonds. The molecule has 50 heavy (non-hydrogen) atoms. The lowest BCUT2D eigenvalue weighted by atomic mass is 9.53. The van der Waals surface area contributed by atoms with Gasteiger partial charge < -0.3 is 14.8 Å². The smallest absolute Gasteiger partial charge is 0.324 e. The molecule has 10 nitrogen and oxygen atoms in total. The molecule has 2 aliphatic rings. The van der Waals surface area contributed by atoms with Crippen LogP contribution in [0, 0.1) is 5.41 Å². The van der Waals surface area contributed by atoms with Crippen LogP contribution >= 0.6 is 11.6 Å². The minimum atomic E-state index is -1.59. The summed E-state index contributed by atoms with van der Waals surface area (Å²) >= 11 is 6.69. The van der Waals surface area contributed by atoms with Crippen molar-refractivity contribution in [3.63, 3.8) is 0 Å². The van der Waals surface area contributed by atoms with Crippen molar-refractivity contribution in [3.8, 4) is 0 Å². The number of rotatable bonds is 22. The number of H-pyrrole nitrogens is 1. The summed E-state index contributed by atoms with van der Waals surface area (Å²) in [6, 6.07) is 0. The van der Waals surface area contributed by atoms with Gasteiger partial charge in [-0.05, 0) is 38.5 Å². The molecule has 0 radical (unpaired) electrons. The summed E-state index contributed by atoms with van der Waals surface area (Å²) in [6.45, 7) is 11.2. The van der Waals surface area contributed by atoms with Gasteiger partial charge in [-0.1, -0.05) is 136 Å². The zero-order chi connectivity index (χ0) is 36.2. The summed E-state index contributed by atoms with van der Waals surface area (Å²) < 4.78 is 13.1. The molecule has 1 aliphatic heterocycles. The van der Waals surface area contributed by atoms with E-state index in [1.807, 2.05) is 0 Å². The Morgan fingerprint density at radius 2 is 1.36 bits per heavy atom. The fraction of sp³-hybridized carbons (Fsp3) is 0.821. The van der Waals surface area contributed by atoms with Crippen molar-refractivity contribution in [2.75, 3.05) is 13.2 Å². The Morgan fingerprint density at radius 1 is 0.840 bits per heavy atom. The highest BCUT2D eigenvalue weighted by molar-refractivity contribution is 6.34. The minimum absolute atomic E-state index is 0.0283. The van der Waals surface area contributed by atoms with Crippen LogP contribution in [0.15, 0.2) is 0 Å². The third-order valence-electron chi connectivity index (χ3n) is 11.0. The summed E-state index contributed by atoms with van der Waals surface area (Å²) in [7, 11) is 0. The fourth-order valence-electron chi connectivity index (χ4n) is 7.81. The Labute approximate surface area is 304 Å². The molecule has 2 aromatic heterocycles. The predicted octanol–water partition coefficient (Wildman–Crippen LogP) is 9.28. The van der Waals surface area contributed by atoms with Crippen LogP contribution in [0.5, 0.6) is 0 Å². The summed E-state index contributed by atoms with van der Waals surface area (Å²) in [5, 5.41) is 11.7. The van der Waals surface area contributed by atoms with Crippen LogP contribution in [-0.2, 0) is 29.3 Å². The first kappa shape index (κ1) is 40.2. The van der Waals surface area contributed by atoms with Gasteiger partial charge in [-0.25, -0.2) is 4.98 Å². The number of nitrogens with zero attached hydrogens (tertiary/aromatic N) is 3. The van der Waals surface area contributed by atoms with Gasteiger partial charge in [-0.15, -0.1) is 5.10 Å². The number of β-lactam (4-membered cyclic amide) rings is 1. The van der Waals surface area contributed by atoms with Crippen molar-refractivity contribution in [2.24, 2.45) is 5.41 Å². The van der Waals surface area contributed by atoms with Crippen LogP contribution in [-0.4, -0.2) is 56.4 Å². The average Bonchev–Trinajstić information content (AvgIpc) is 3.65. The van der Waals surface area contributed by atoms with Crippen LogP contribution < -0.4 is 5.32 Å². The van der Waals surface area contributed by atoms with E-state index in [0.717, 1.165) is 44.2 Å². The second kappa shape index (κ2) is 18.7. The molecule has 1 saturated heterocycles. The van der Waals surface area contributed by atoms with Crippen molar-refractivity contribution < 1.29 is 23.9 Å². The molecule has 1 saturated carbocycles. The molecule has 2 N–H and O–H groups in total. The number of unbranched alkanes of at least 4 members (excludes halogenated alkanes) is 14. The minimum Gasteiger partial charge on any atom is -0.466 e. The molecular formula is C39H64ClN5O5. The maximum absolute atomic E-state index is 13.9. The van der Waals surface area contributed by atoms with Crippen LogP contribution in [0.2, 0.25) is 5.02 Å². The number of amides is 1. The predicted molar refractivity (Wildman–Crippen MR) is 197 cm³/mol. The molecule has 2 fully saturated rings. The normalized spacial score (nSPS) is 22.1. The number of esters is 2. The first-order valence-corrected chi connectivity index (χ1v) is 20.2.